The number of benzene rings is 2. The highest BCUT2D eigenvalue weighted by molar-refractivity contribution is 5.98. The number of hydrogen-bond acceptors (Lipinski definition) is 4. The maximum atomic E-state index is 12.9. The third kappa shape index (κ3) is 4.86. The Kier molecular flexibility index (Phi) is 6.65. The van der Waals surface area contributed by atoms with E-state index in [-0.39, 0.29) is 17.2 Å². The molecule has 3 aromatic rings. The van der Waals surface area contributed by atoms with Gasteiger partial charge in [-0.3, -0.25) is 14.5 Å². The van der Waals surface area contributed by atoms with Crippen molar-refractivity contribution < 1.29 is 14.3 Å². The van der Waals surface area contributed by atoms with Gasteiger partial charge in [0.1, 0.15) is 5.69 Å². The fourth-order valence-electron chi connectivity index (χ4n) is 5.12. The summed E-state index contributed by atoms with van der Waals surface area (Å²) in [7, 11) is 0. The largest absolute Gasteiger partial charge is 0.381 e. The molecule has 0 spiro atoms. The molecule has 0 unspecified atom stereocenters. The van der Waals surface area contributed by atoms with E-state index in [1.807, 2.05) is 41.3 Å². The second-order valence-corrected chi connectivity index (χ2v) is 9.37. The monoisotopic (exact) mass is 460 g/mol. The molecule has 2 amide bonds. The van der Waals surface area contributed by atoms with Gasteiger partial charge in [0, 0.05) is 62.3 Å². The fourth-order valence-corrected chi connectivity index (χ4v) is 5.12. The van der Waals surface area contributed by atoms with Crippen molar-refractivity contribution in [2.45, 2.75) is 18.3 Å². The highest BCUT2D eigenvalue weighted by Crippen LogP contribution is 2.34. The molecule has 7 nitrogen and oxygen atoms in total. The standard InChI is InChI=1S/C27H32N4O3/c32-25(28-20-27(10-16-34-17-11-27)22-7-2-1-3-8-22)19-30-12-14-31(15-13-30)26(33)24-18-21-6-4-5-9-23(21)29-24/h1-9,18,29H,10-17,19-20H2,(H,28,32). The van der Waals surface area contributed by atoms with Gasteiger partial charge in [-0.25, -0.2) is 0 Å². The number of ether oxygens (including phenoxy) is 1. The summed E-state index contributed by atoms with van der Waals surface area (Å²) in [6.07, 6.45) is 1.82. The van der Waals surface area contributed by atoms with Crippen LogP contribution in [-0.2, 0) is 14.9 Å². The van der Waals surface area contributed by atoms with E-state index >= 15 is 0 Å². The highest BCUT2D eigenvalue weighted by atomic mass is 16.5. The van der Waals surface area contributed by atoms with E-state index in [0.29, 0.717) is 45.0 Å². The van der Waals surface area contributed by atoms with Crippen molar-refractivity contribution in [2.24, 2.45) is 0 Å². The molecule has 0 aliphatic carbocycles. The van der Waals surface area contributed by atoms with E-state index in [1.165, 1.54) is 5.56 Å². The molecule has 5 rings (SSSR count). The summed E-state index contributed by atoms with van der Waals surface area (Å²) >= 11 is 0. The molecule has 7 heteroatoms. The van der Waals surface area contributed by atoms with Crippen molar-refractivity contribution in [1.29, 1.82) is 0 Å². The zero-order valence-electron chi connectivity index (χ0n) is 19.5. The summed E-state index contributed by atoms with van der Waals surface area (Å²) in [5.74, 6) is 0.0572. The predicted molar refractivity (Wildman–Crippen MR) is 132 cm³/mol. The number of rotatable bonds is 6. The first-order valence-electron chi connectivity index (χ1n) is 12.1. The number of nitrogens with one attached hydrogen (secondary N) is 2. The highest BCUT2D eigenvalue weighted by Gasteiger charge is 2.35. The lowest BCUT2D eigenvalue weighted by molar-refractivity contribution is -0.123. The van der Waals surface area contributed by atoms with Crippen LogP contribution in [0.25, 0.3) is 10.9 Å². The Morgan fingerprint density at radius 3 is 2.38 bits per heavy atom. The minimum Gasteiger partial charge on any atom is -0.381 e. The van der Waals surface area contributed by atoms with E-state index in [0.717, 1.165) is 37.0 Å². The molecule has 0 radical (unpaired) electrons. The van der Waals surface area contributed by atoms with Gasteiger partial charge in [-0.15, -0.1) is 0 Å². The van der Waals surface area contributed by atoms with Crippen LogP contribution in [0.15, 0.2) is 60.7 Å². The van der Waals surface area contributed by atoms with Gasteiger partial charge in [0.05, 0.1) is 6.54 Å². The van der Waals surface area contributed by atoms with Crippen LogP contribution in [0.1, 0.15) is 28.9 Å². The van der Waals surface area contributed by atoms with Gasteiger partial charge in [0.15, 0.2) is 0 Å². The smallest absolute Gasteiger partial charge is 0.270 e. The van der Waals surface area contributed by atoms with Crippen molar-refractivity contribution in [3.05, 3.63) is 71.9 Å². The minimum atomic E-state index is -0.0696. The summed E-state index contributed by atoms with van der Waals surface area (Å²) in [6.45, 7) is 5.04. The molecule has 2 saturated heterocycles. The third-order valence-corrected chi connectivity index (χ3v) is 7.25. The van der Waals surface area contributed by atoms with E-state index in [9.17, 15) is 9.59 Å². The van der Waals surface area contributed by atoms with Crippen LogP contribution in [0.4, 0.5) is 0 Å². The summed E-state index contributed by atoms with van der Waals surface area (Å²) in [6, 6.07) is 20.3. The Balaban J connectivity index is 1.12. The van der Waals surface area contributed by atoms with Crippen molar-refractivity contribution in [3.63, 3.8) is 0 Å². The normalized spacial score (nSPS) is 18.6. The summed E-state index contributed by atoms with van der Waals surface area (Å²) in [5.41, 5.74) is 2.79. The summed E-state index contributed by atoms with van der Waals surface area (Å²) in [5, 5.41) is 4.23. The number of aromatic nitrogens is 1. The summed E-state index contributed by atoms with van der Waals surface area (Å²) < 4.78 is 5.60. The first-order chi connectivity index (χ1) is 16.6. The van der Waals surface area contributed by atoms with Gasteiger partial charge in [-0.2, -0.15) is 0 Å². The quantitative estimate of drug-likeness (QED) is 0.593. The molecule has 0 atom stereocenters. The molecule has 0 bridgehead atoms. The first-order valence-corrected chi connectivity index (χ1v) is 12.1. The minimum absolute atomic E-state index is 0.0182. The molecule has 2 aliphatic heterocycles. The number of fused-ring (bicyclic) bond motifs is 1. The van der Waals surface area contributed by atoms with E-state index in [2.05, 4.69) is 39.5 Å². The van der Waals surface area contributed by atoms with Crippen molar-refractivity contribution in [2.75, 3.05) is 52.5 Å². The molecule has 2 aromatic carbocycles. The van der Waals surface area contributed by atoms with Crippen molar-refractivity contribution in [3.8, 4) is 0 Å². The number of piperazine rings is 1. The number of carbonyl (C=O) groups is 2. The number of nitrogens with zero attached hydrogens (tertiary/aromatic N) is 2. The van der Waals surface area contributed by atoms with Gasteiger partial charge in [0.2, 0.25) is 5.91 Å². The van der Waals surface area contributed by atoms with Crippen LogP contribution < -0.4 is 5.32 Å². The van der Waals surface area contributed by atoms with Gasteiger partial charge in [-0.1, -0.05) is 48.5 Å². The number of amides is 2. The SMILES string of the molecule is O=C(CN1CCN(C(=O)c2cc3ccccc3[nH]2)CC1)NCC1(c2ccccc2)CCOCC1. The maximum Gasteiger partial charge on any atom is 0.270 e. The average molecular weight is 461 g/mol. The van der Waals surface area contributed by atoms with Crippen LogP contribution in [0.5, 0.6) is 0 Å². The number of carbonyl (C=O) groups excluding carboxylic acids is 2. The number of hydrogen-bond donors (Lipinski definition) is 2. The Morgan fingerprint density at radius 2 is 1.65 bits per heavy atom. The lowest BCUT2D eigenvalue weighted by Gasteiger charge is -2.38. The molecule has 3 heterocycles. The predicted octanol–water partition coefficient (Wildman–Crippen LogP) is 2.79. The number of H-pyrrole nitrogens is 1. The van der Waals surface area contributed by atoms with Crippen LogP contribution in [-0.4, -0.2) is 79.1 Å². The van der Waals surface area contributed by atoms with Crippen molar-refractivity contribution >= 4 is 22.7 Å². The Hall–Kier alpha value is -3.16. The Labute approximate surface area is 200 Å². The van der Waals surface area contributed by atoms with Gasteiger partial charge >= 0.3 is 0 Å². The van der Waals surface area contributed by atoms with Crippen LogP contribution in [0.2, 0.25) is 0 Å². The molecule has 2 fully saturated rings. The third-order valence-electron chi connectivity index (χ3n) is 7.25. The maximum absolute atomic E-state index is 12.9. The Morgan fingerprint density at radius 1 is 0.941 bits per heavy atom. The van der Waals surface area contributed by atoms with E-state index in [1.54, 1.807) is 0 Å². The van der Waals surface area contributed by atoms with Crippen molar-refractivity contribution in [1.82, 2.24) is 20.1 Å². The molecule has 1 aromatic heterocycles. The fraction of sp³-hybridized carbons (Fsp3) is 0.407. The Bertz CT molecular complexity index is 1100. The zero-order chi connectivity index (χ0) is 23.4. The first kappa shape index (κ1) is 22.6. The topological polar surface area (TPSA) is 77.7 Å². The molecule has 2 aliphatic rings. The second-order valence-electron chi connectivity index (χ2n) is 9.37. The van der Waals surface area contributed by atoms with Gasteiger partial charge < -0.3 is 19.9 Å². The lowest BCUT2D eigenvalue weighted by Crippen LogP contribution is -2.52. The molecule has 34 heavy (non-hydrogen) atoms. The zero-order valence-corrected chi connectivity index (χ0v) is 19.5. The summed E-state index contributed by atoms with van der Waals surface area (Å²) in [4.78, 5) is 32.9. The second kappa shape index (κ2) is 9.99. The van der Waals surface area contributed by atoms with Crippen LogP contribution in [0, 0.1) is 0 Å². The number of para-hydroxylation sites is 1. The van der Waals surface area contributed by atoms with Gasteiger partial charge in [0.25, 0.3) is 5.91 Å². The molecule has 0 saturated carbocycles. The molecular weight excluding hydrogens is 428 g/mol. The van der Waals surface area contributed by atoms with Crippen LogP contribution >= 0.6 is 0 Å². The molecule has 2 N–H and O–H groups in total. The molecular formula is C27H32N4O3. The average Bonchev–Trinajstić information content (AvgIpc) is 3.33. The van der Waals surface area contributed by atoms with E-state index < -0.39 is 0 Å². The lowest BCUT2D eigenvalue weighted by atomic mass is 9.74. The van der Waals surface area contributed by atoms with E-state index in [4.69, 9.17) is 4.74 Å². The molecule has 178 valence electrons. The van der Waals surface area contributed by atoms with Crippen LogP contribution in [0.3, 0.4) is 0 Å². The number of aromatic amines is 1. The van der Waals surface area contributed by atoms with Gasteiger partial charge in [-0.05, 0) is 30.5 Å².